The number of aryl methyl sites for hydroxylation is 2. The van der Waals surface area contributed by atoms with E-state index in [1.54, 1.807) is 24.3 Å². The van der Waals surface area contributed by atoms with Gasteiger partial charge in [-0.1, -0.05) is 35.4 Å². The maximum Gasteiger partial charge on any atom is 0.225 e. The molecule has 0 amide bonds. The van der Waals surface area contributed by atoms with Crippen LogP contribution in [0.5, 0.6) is 0 Å². The van der Waals surface area contributed by atoms with Gasteiger partial charge in [0.25, 0.3) is 0 Å². The molecule has 1 aromatic heterocycles. The summed E-state index contributed by atoms with van der Waals surface area (Å²) in [4.78, 5) is 0.151. The molecular formula is C18H16N2O4S2. The number of nitrogens with zero attached hydrogens (tertiary/aromatic N) is 2. The summed E-state index contributed by atoms with van der Waals surface area (Å²) in [5.74, 6) is 0. The Morgan fingerprint density at radius 1 is 0.538 bits per heavy atom. The Morgan fingerprint density at radius 3 is 1.12 bits per heavy atom. The van der Waals surface area contributed by atoms with E-state index >= 15 is 0 Å². The first-order valence-electron chi connectivity index (χ1n) is 7.68. The fraction of sp³-hybridized carbons (Fsp3) is 0.111. The van der Waals surface area contributed by atoms with Gasteiger partial charge in [0.1, 0.15) is 0 Å². The molecule has 0 aliphatic rings. The van der Waals surface area contributed by atoms with Crippen molar-refractivity contribution in [3.63, 3.8) is 0 Å². The van der Waals surface area contributed by atoms with Gasteiger partial charge in [-0.05, 0) is 50.2 Å². The van der Waals surface area contributed by atoms with Crippen molar-refractivity contribution < 1.29 is 16.8 Å². The first-order chi connectivity index (χ1) is 12.2. The van der Waals surface area contributed by atoms with Gasteiger partial charge < -0.3 is 0 Å². The first-order valence-corrected chi connectivity index (χ1v) is 10.7. The lowest BCUT2D eigenvalue weighted by Gasteiger charge is -2.06. The molecule has 0 fully saturated rings. The Labute approximate surface area is 152 Å². The quantitative estimate of drug-likeness (QED) is 0.682. The van der Waals surface area contributed by atoms with E-state index in [4.69, 9.17) is 0 Å². The minimum Gasteiger partial charge on any atom is -0.217 e. The molecule has 8 heteroatoms. The number of rotatable bonds is 4. The van der Waals surface area contributed by atoms with Crippen LogP contribution in [0.3, 0.4) is 0 Å². The van der Waals surface area contributed by atoms with Crippen molar-refractivity contribution in [2.45, 2.75) is 33.7 Å². The fourth-order valence-electron chi connectivity index (χ4n) is 2.27. The van der Waals surface area contributed by atoms with E-state index in [0.29, 0.717) is 0 Å². The Morgan fingerprint density at radius 2 is 0.846 bits per heavy atom. The molecule has 6 nitrogen and oxygen atoms in total. The summed E-state index contributed by atoms with van der Waals surface area (Å²) >= 11 is 0. The van der Waals surface area contributed by atoms with Gasteiger partial charge in [0.15, 0.2) is 10.1 Å². The number of aromatic nitrogens is 2. The maximum absolute atomic E-state index is 12.6. The van der Waals surface area contributed by atoms with E-state index < -0.39 is 19.7 Å². The number of sulfone groups is 2. The van der Waals surface area contributed by atoms with Crippen molar-refractivity contribution in [1.82, 2.24) is 10.2 Å². The molecule has 0 saturated heterocycles. The van der Waals surface area contributed by atoms with Gasteiger partial charge in [0, 0.05) is 0 Å². The fourth-order valence-corrected chi connectivity index (χ4v) is 4.53. The molecule has 0 spiro atoms. The second-order valence-electron chi connectivity index (χ2n) is 5.84. The highest BCUT2D eigenvalue weighted by molar-refractivity contribution is 7.91. The molecule has 3 aromatic rings. The van der Waals surface area contributed by atoms with Gasteiger partial charge >= 0.3 is 0 Å². The SMILES string of the molecule is Cc1ccc(S(=O)(=O)c2ccc(S(=O)(=O)c3ccc(C)cc3)nn2)cc1. The van der Waals surface area contributed by atoms with E-state index in [1.807, 2.05) is 13.8 Å². The van der Waals surface area contributed by atoms with Crippen molar-refractivity contribution in [2.75, 3.05) is 0 Å². The standard InChI is InChI=1S/C18H16N2O4S2/c1-13-3-7-15(8-4-13)25(21,22)17-11-12-18(20-19-17)26(23,24)16-9-5-14(2)6-10-16/h3-12H,1-2H3. The lowest BCUT2D eigenvalue weighted by Crippen LogP contribution is -2.10. The third-order valence-corrected chi connectivity index (χ3v) is 7.15. The summed E-state index contributed by atoms with van der Waals surface area (Å²) in [6.45, 7) is 3.70. The highest BCUT2D eigenvalue weighted by atomic mass is 32.2. The average Bonchev–Trinajstić information content (AvgIpc) is 2.62. The molecule has 134 valence electrons. The monoisotopic (exact) mass is 388 g/mol. The van der Waals surface area contributed by atoms with Gasteiger partial charge in [0.05, 0.1) is 9.79 Å². The Hall–Kier alpha value is -2.58. The molecule has 0 aliphatic carbocycles. The topological polar surface area (TPSA) is 94.1 Å². The molecule has 0 atom stereocenters. The highest BCUT2D eigenvalue weighted by Crippen LogP contribution is 2.22. The van der Waals surface area contributed by atoms with Crippen LogP contribution in [-0.2, 0) is 19.7 Å². The summed E-state index contributed by atoms with van der Waals surface area (Å²) in [6, 6.07) is 14.9. The third kappa shape index (κ3) is 3.38. The van der Waals surface area contributed by atoms with Crippen LogP contribution < -0.4 is 0 Å². The Balaban J connectivity index is 1.98. The van der Waals surface area contributed by atoms with E-state index in [0.717, 1.165) is 23.3 Å². The molecule has 1 heterocycles. The van der Waals surface area contributed by atoms with Crippen LogP contribution in [0, 0.1) is 13.8 Å². The smallest absolute Gasteiger partial charge is 0.217 e. The summed E-state index contributed by atoms with van der Waals surface area (Å²) in [5, 5.41) is 6.68. The normalized spacial score (nSPS) is 12.1. The molecule has 0 bridgehead atoms. The average molecular weight is 388 g/mol. The molecule has 0 N–H and O–H groups in total. The first kappa shape index (κ1) is 18.2. The van der Waals surface area contributed by atoms with Crippen LogP contribution in [0.4, 0.5) is 0 Å². The Kier molecular flexibility index (Phi) is 4.64. The number of hydrogen-bond donors (Lipinski definition) is 0. The molecule has 0 unspecified atom stereocenters. The molecule has 3 rings (SSSR count). The third-order valence-electron chi connectivity index (χ3n) is 3.83. The van der Waals surface area contributed by atoms with Crippen LogP contribution >= 0.6 is 0 Å². The number of hydrogen-bond acceptors (Lipinski definition) is 6. The van der Waals surface area contributed by atoms with Crippen molar-refractivity contribution in [2.24, 2.45) is 0 Å². The molecular weight excluding hydrogens is 372 g/mol. The van der Waals surface area contributed by atoms with Crippen LogP contribution in [0.2, 0.25) is 0 Å². The number of benzene rings is 2. The zero-order chi connectivity index (χ0) is 18.9. The van der Waals surface area contributed by atoms with Crippen molar-refractivity contribution >= 4 is 19.7 Å². The predicted molar refractivity (Wildman–Crippen MR) is 95.3 cm³/mol. The molecule has 2 aromatic carbocycles. The second-order valence-corrected chi connectivity index (χ2v) is 9.64. The molecule has 0 aliphatic heterocycles. The van der Waals surface area contributed by atoms with E-state index in [9.17, 15) is 16.8 Å². The second kappa shape index (κ2) is 6.62. The lowest BCUT2D eigenvalue weighted by molar-refractivity contribution is 0.580. The largest absolute Gasteiger partial charge is 0.225 e. The van der Waals surface area contributed by atoms with Crippen molar-refractivity contribution in [3.05, 3.63) is 71.8 Å². The summed E-state index contributed by atoms with van der Waals surface area (Å²) < 4.78 is 50.2. The lowest BCUT2D eigenvalue weighted by atomic mass is 10.2. The van der Waals surface area contributed by atoms with Crippen molar-refractivity contribution in [3.8, 4) is 0 Å². The van der Waals surface area contributed by atoms with Crippen LogP contribution in [0.1, 0.15) is 11.1 Å². The van der Waals surface area contributed by atoms with E-state index in [2.05, 4.69) is 10.2 Å². The molecule has 0 saturated carbocycles. The van der Waals surface area contributed by atoms with E-state index in [-0.39, 0.29) is 19.8 Å². The van der Waals surface area contributed by atoms with Gasteiger partial charge in [0.2, 0.25) is 19.7 Å². The van der Waals surface area contributed by atoms with E-state index in [1.165, 1.54) is 24.3 Å². The minimum absolute atomic E-state index is 0.0755. The summed E-state index contributed by atoms with van der Waals surface area (Å²) in [6.07, 6.45) is 0. The van der Waals surface area contributed by atoms with Crippen LogP contribution in [0.15, 0.2) is 80.5 Å². The highest BCUT2D eigenvalue weighted by Gasteiger charge is 2.23. The van der Waals surface area contributed by atoms with Crippen LogP contribution in [-0.4, -0.2) is 27.0 Å². The van der Waals surface area contributed by atoms with Gasteiger partial charge in [-0.3, -0.25) is 0 Å². The minimum atomic E-state index is -3.86. The summed E-state index contributed by atoms with van der Waals surface area (Å²) in [5.41, 5.74) is 1.85. The van der Waals surface area contributed by atoms with Crippen molar-refractivity contribution in [1.29, 1.82) is 0 Å². The molecule has 0 radical (unpaired) electrons. The van der Waals surface area contributed by atoms with Gasteiger partial charge in [-0.2, -0.15) is 0 Å². The van der Waals surface area contributed by atoms with Crippen LogP contribution in [0.25, 0.3) is 0 Å². The van der Waals surface area contributed by atoms with Gasteiger partial charge in [-0.15, -0.1) is 10.2 Å². The zero-order valence-electron chi connectivity index (χ0n) is 14.1. The summed E-state index contributed by atoms with van der Waals surface area (Å²) in [7, 11) is -7.71. The van der Waals surface area contributed by atoms with Gasteiger partial charge in [-0.25, -0.2) is 16.8 Å². The molecule has 26 heavy (non-hydrogen) atoms. The zero-order valence-corrected chi connectivity index (χ0v) is 15.8. The Bertz CT molecular complexity index is 1040. The predicted octanol–water partition coefficient (Wildman–Crippen LogP) is 2.76. The maximum atomic E-state index is 12.6.